The summed E-state index contributed by atoms with van der Waals surface area (Å²) in [6.07, 6.45) is 6.99. The molecule has 126 valence electrons. The predicted octanol–water partition coefficient (Wildman–Crippen LogP) is 2.15. The van der Waals surface area contributed by atoms with Crippen LogP contribution in [0.25, 0.3) is 0 Å². The minimum atomic E-state index is 0.0298. The number of hydrogen-bond acceptors (Lipinski definition) is 5. The van der Waals surface area contributed by atoms with Gasteiger partial charge in [0.2, 0.25) is 5.91 Å². The summed E-state index contributed by atoms with van der Waals surface area (Å²) < 4.78 is 5.25. The van der Waals surface area contributed by atoms with E-state index in [2.05, 4.69) is 10.5 Å². The molecule has 0 atom stereocenters. The van der Waals surface area contributed by atoms with Gasteiger partial charge in [-0.3, -0.25) is 9.59 Å². The molecule has 0 unspecified atom stereocenters. The number of nitrogens with one attached hydrogen (secondary N) is 1. The number of amides is 1. The molecule has 2 fully saturated rings. The van der Waals surface area contributed by atoms with E-state index >= 15 is 0 Å². The highest BCUT2D eigenvalue weighted by molar-refractivity contribution is 5.94. The first-order chi connectivity index (χ1) is 11.2. The second kappa shape index (κ2) is 7.25. The Morgan fingerprint density at radius 3 is 2.61 bits per heavy atom. The molecule has 1 amide bonds. The molecule has 3 N–H and O–H groups in total. The van der Waals surface area contributed by atoms with Crippen molar-refractivity contribution in [3.8, 4) is 0 Å². The molecule has 0 spiro atoms. The molecule has 2 aliphatic rings. The minimum Gasteiger partial charge on any atom is -0.360 e. The zero-order valence-corrected chi connectivity index (χ0v) is 13.4. The SMILES string of the molecule is NCCC(=O)NC1CCC(CC(=O)c2cc(C3CC3)on2)CC1. The maximum absolute atomic E-state index is 12.3. The summed E-state index contributed by atoms with van der Waals surface area (Å²) in [4.78, 5) is 23.9. The van der Waals surface area contributed by atoms with Gasteiger partial charge in [0, 0.05) is 37.4 Å². The van der Waals surface area contributed by atoms with Crippen molar-refractivity contribution in [2.45, 2.75) is 63.3 Å². The van der Waals surface area contributed by atoms with Gasteiger partial charge in [0.15, 0.2) is 5.78 Å². The Kier molecular flexibility index (Phi) is 5.10. The lowest BCUT2D eigenvalue weighted by molar-refractivity contribution is -0.121. The van der Waals surface area contributed by atoms with Crippen LogP contribution in [-0.4, -0.2) is 29.4 Å². The number of rotatable bonds is 7. The highest BCUT2D eigenvalue weighted by atomic mass is 16.5. The summed E-state index contributed by atoms with van der Waals surface area (Å²) in [6, 6.07) is 2.05. The lowest BCUT2D eigenvalue weighted by Crippen LogP contribution is -2.38. The fraction of sp³-hybridized carbons (Fsp3) is 0.706. The van der Waals surface area contributed by atoms with E-state index in [4.69, 9.17) is 10.3 Å². The number of Topliss-reactive ketones (excluding diaryl/α,β-unsaturated/α-hetero) is 1. The standard InChI is InChI=1S/C17H25N3O3/c18-8-7-17(22)19-13-5-1-11(2-6-13)9-15(21)14-10-16(23-20-14)12-3-4-12/h10-13H,1-9,18H2,(H,19,22). The smallest absolute Gasteiger partial charge is 0.221 e. The molecular weight excluding hydrogens is 294 g/mol. The first-order valence-corrected chi connectivity index (χ1v) is 8.65. The zero-order chi connectivity index (χ0) is 16.2. The second-order valence-electron chi connectivity index (χ2n) is 6.84. The van der Waals surface area contributed by atoms with Crippen LogP contribution in [0.15, 0.2) is 10.6 Å². The summed E-state index contributed by atoms with van der Waals surface area (Å²) in [6.45, 7) is 0.385. The lowest BCUT2D eigenvalue weighted by atomic mass is 9.82. The van der Waals surface area contributed by atoms with Gasteiger partial charge < -0.3 is 15.6 Å². The number of ketones is 1. The molecule has 1 heterocycles. The number of hydrogen-bond donors (Lipinski definition) is 2. The Hall–Kier alpha value is -1.69. The van der Waals surface area contributed by atoms with E-state index in [-0.39, 0.29) is 17.7 Å². The normalized spacial score (nSPS) is 24.4. The van der Waals surface area contributed by atoms with Crippen molar-refractivity contribution in [1.82, 2.24) is 10.5 Å². The van der Waals surface area contributed by atoms with Crippen LogP contribution in [0.4, 0.5) is 0 Å². The van der Waals surface area contributed by atoms with E-state index in [1.54, 1.807) is 0 Å². The number of nitrogens with two attached hydrogens (primary N) is 1. The molecule has 3 rings (SSSR count). The Bertz CT molecular complexity index is 557. The summed E-state index contributed by atoms with van der Waals surface area (Å²) in [5.41, 5.74) is 5.86. The molecule has 1 aromatic heterocycles. The summed E-state index contributed by atoms with van der Waals surface area (Å²) in [7, 11) is 0. The van der Waals surface area contributed by atoms with E-state index < -0.39 is 0 Å². The third-order valence-corrected chi connectivity index (χ3v) is 4.85. The Balaban J connectivity index is 1.42. The monoisotopic (exact) mass is 319 g/mol. The van der Waals surface area contributed by atoms with E-state index in [1.807, 2.05) is 6.07 Å². The first-order valence-electron chi connectivity index (χ1n) is 8.65. The Morgan fingerprint density at radius 2 is 1.96 bits per heavy atom. The lowest BCUT2D eigenvalue weighted by Gasteiger charge is -2.28. The molecule has 0 radical (unpaired) electrons. The molecule has 0 saturated heterocycles. The van der Waals surface area contributed by atoms with E-state index in [0.29, 0.717) is 36.9 Å². The molecule has 2 saturated carbocycles. The fourth-order valence-corrected chi connectivity index (χ4v) is 3.29. The summed E-state index contributed by atoms with van der Waals surface area (Å²) >= 11 is 0. The number of aromatic nitrogens is 1. The van der Waals surface area contributed by atoms with Crippen LogP contribution in [0, 0.1) is 5.92 Å². The van der Waals surface area contributed by atoms with E-state index in [0.717, 1.165) is 44.3 Å². The van der Waals surface area contributed by atoms with E-state index in [1.165, 1.54) is 0 Å². The van der Waals surface area contributed by atoms with Gasteiger partial charge in [-0.1, -0.05) is 5.16 Å². The maximum atomic E-state index is 12.3. The fourth-order valence-electron chi connectivity index (χ4n) is 3.29. The topological polar surface area (TPSA) is 98.2 Å². The van der Waals surface area contributed by atoms with Crippen molar-refractivity contribution in [2.75, 3.05) is 6.54 Å². The third kappa shape index (κ3) is 4.41. The quantitative estimate of drug-likeness (QED) is 0.750. The van der Waals surface area contributed by atoms with Crippen molar-refractivity contribution < 1.29 is 14.1 Å². The van der Waals surface area contributed by atoms with E-state index in [9.17, 15) is 9.59 Å². The van der Waals surface area contributed by atoms with Gasteiger partial charge in [-0.25, -0.2) is 0 Å². The van der Waals surface area contributed by atoms with Crippen molar-refractivity contribution in [3.05, 3.63) is 17.5 Å². The van der Waals surface area contributed by atoms with Crippen LogP contribution >= 0.6 is 0 Å². The average molecular weight is 319 g/mol. The molecule has 2 aliphatic carbocycles. The zero-order valence-electron chi connectivity index (χ0n) is 13.4. The van der Waals surface area contributed by atoms with Gasteiger partial charge in [-0.15, -0.1) is 0 Å². The molecular formula is C17H25N3O3. The maximum Gasteiger partial charge on any atom is 0.221 e. The highest BCUT2D eigenvalue weighted by Crippen LogP contribution is 2.40. The third-order valence-electron chi connectivity index (χ3n) is 4.85. The summed E-state index contributed by atoms with van der Waals surface area (Å²) in [5.74, 6) is 1.83. The molecule has 0 aromatic carbocycles. The Labute approximate surface area is 136 Å². The molecule has 0 bridgehead atoms. The van der Waals surface area contributed by atoms with Gasteiger partial charge in [0.05, 0.1) is 0 Å². The molecule has 23 heavy (non-hydrogen) atoms. The molecule has 6 nitrogen and oxygen atoms in total. The number of nitrogens with zero attached hydrogens (tertiary/aromatic N) is 1. The van der Waals surface area contributed by atoms with Crippen molar-refractivity contribution in [2.24, 2.45) is 11.7 Å². The van der Waals surface area contributed by atoms with Crippen LogP contribution in [0.2, 0.25) is 0 Å². The van der Waals surface area contributed by atoms with Crippen LogP contribution < -0.4 is 11.1 Å². The Morgan fingerprint density at radius 1 is 1.22 bits per heavy atom. The molecule has 0 aliphatic heterocycles. The minimum absolute atomic E-state index is 0.0298. The molecule has 6 heteroatoms. The number of carbonyl (C=O) groups excluding carboxylic acids is 2. The largest absolute Gasteiger partial charge is 0.360 e. The van der Waals surface area contributed by atoms with Crippen LogP contribution in [-0.2, 0) is 4.79 Å². The second-order valence-corrected chi connectivity index (χ2v) is 6.84. The first kappa shape index (κ1) is 16.2. The number of carbonyl (C=O) groups is 2. The van der Waals surface area contributed by atoms with Crippen molar-refractivity contribution in [3.63, 3.8) is 0 Å². The van der Waals surface area contributed by atoms with Crippen LogP contribution in [0.5, 0.6) is 0 Å². The average Bonchev–Trinajstić information content (AvgIpc) is 3.26. The highest BCUT2D eigenvalue weighted by Gasteiger charge is 2.30. The van der Waals surface area contributed by atoms with Crippen LogP contribution in [0.1, 0.15) is 73.5 Å². The van der Waals surface area contributed by atoms with Crippen LogP contribution in [0.3, 0.4) is 0 Å². The van der Waals surface area contributed by atoms with Gasteiger partial charge >= 0.3 is 0 Å². The van der Waals surface area contributed by atoms with Gasteiger partial charge in [0.1, 0.15) is 11.5 Å². The van der Waals surface area contributed by atoms with Gasteiger partial charge in [0.25, 0.3) is 0 Å². The van der Waals surface area contributed by atoms with Crippen molar-refractivity contribution in [1.29, 1.82) is 0 Å². The predicted molar refractivity (Wildman–Crippen MR) is 85.0 cm³/mol. The summed E-state index contributed by atoms with van der Waals surface area (Å²) in [5, 5.41) is 6.94. The van der Waals surface area contributed by atoms with Crippen molar-refractivity contribution >= 4 is 11.7 Å². The molecule has 1 aromatic rings. The van der Waals surface area contributed by atoms with Gasteiger partial charge in [-0.05, 0) is 44.4 Å². The van der Waals surface area contributed by atoms with Gasteiger partial charge in [-0.2, -0.15) is 0 Å².